The van der Waals surface area contributed by atoms with Crippen LogP contribution in [0.1, 0.15) is 16.9 Å². The lowest BCUT2D eigenvalue weighted by molar-refractivity contribution is 0.0952. The highest BCUT2D eigenvalue weighted by atomic mass is 19.1. The highest BCUT2D eigenvalue weighted by Gasteiger charge is 2.45. The molecule has 0 spiro atoms. The van der Waals surface area contributed by atoms with Gasteiger partial charge in [0.15, 0.2) is 11.6 Å². The van der Waals surface area contributed by atoms with E-state index in [0.29, 0.717) is 27.8 Å². The van der Waals surface area contributed by atoms with Crippen LogP contribution in [-0.4, -0.2) is 31.3 Å². The van der Waals surface area contributed by atoms with E-state index in [9.17, 15) is 13.6 Å². The number of ketones is 1. The zero-order valence-electron chi connectivity index (χ0n) is 13.4. The molecule has 0 radical (unpaired) electrons. The molecule has 4 aromatic heterocycles. The fourth-order valence-electron chi connectivity index (χ4n) is 3.25. The average Bonchev–Trinajstić information content (AvgIpc) is 3.04. The van der Waals surface area contributed by atoms with Crippen LogP contribution in [0.3, 0.4) is 0 Å². The first-order valence-electron chi connectivity index (χ1n) is 8.12. The summed E-state index contributed by atoms with van der Waals surface area (Å²) in [7, 11) is 0. The lowest BCUT2D eigenvalue weighted by Crippen LogP contribution is -2.10. The molecular weight excluding hydrogens is 340 g/mol. The first-order valence-corrected chi connectivity index (χ1v) is 8.12. The molecule has 1 aliphatic rings. The van der Waals surface area contributed by atoms with Gasteiger partial charge in [0, 0.05) is 29.7 Å². The number of nitrogens with one attached hydrogen (secondary N) is 1. The lowest BCUT2D eigenvalue weighted by atomic mass is 10.1. The van der Waals surface area contributed by atoms with Crippen LogP contribution in [0.5, 0.6) is 0 Å². The standard InChI is InChI=1S/C18H13F2N5O/c19-12-5-10(12)16(26)15-17(21)24-13-2-1-8(7-25(13)15)11-6-23-18-9(14(11)20)3-4-22-18/h1-4,6-7,10,12H,5,21H2,(H,22,23)/t10-,12+/m1/s1. The molecule has 0 amide bonds. The van der Waals surface area contributed by atoms with Crippen molar-refractivity contribution < 1.29 is 13.6 Å². The largest absolute Gasteiger partial charge is 0.382 e. The summed E-state index contributed by atoms with van der Waals surface area (Å²) in [6, 6.07) is 4.94. The van der Waals surface area contributed by atoms with E-state index in [1.165, 1.54) is 10.6 Å². The van der Waals surface area contributed by atoms with E-state index in [0.717, 1.165) is 0 Å². The minimum atomic E-state index is -1.13. The Morgan fingerprint density at radius 2 is 2.15 bits per heavy atom. The van der Waals surface area contributed by atoms with Gasteiger partial charge in [0.25, 0.3) is 0 Å². The number of hydrogen-bond donors (Lipinski definition) is 2. The van der Waals surface area contributed by atoms with Gasteiger partial charge < -0.3 is 10.7 Å². The van der Waals surface area contributed by atoms with Gasteiger partial charge in [0.05, 0.1) is 11.3 Å². The summed E-state index contributed by atoms with van der Waals surface area (Å²) >= 11 is 0. The van der Waals surface area contributed by atoms with E-state index in [1.807, 2.05) is 0 Å². The number of H-pyrrole nitrogens is 1. The van der Waals surface area contributed by atoms with Gasteiger partial charge in [-0.1, -0.05) is 0 Å². The van der Waals surface area contributed by atoms with Gasteiger partial charge in [-0.2, -0.15) is 0 Å². The van der Waals surface area contributed by atoms with Crippen molar-refractivity contribution >= 4 is 28.3 Å². The van der Waals surface area contributed by atoms with Crippen LogP contribution in [0.15, 0.2) is 36.8 Å². The number of imidazole rings is 1. The highest BCUT2D eigenvalue weighted by molar-refractivity contribution is 6.03. The molecule has 8 heteroatoms. The summed E-state index contributed by atoms with van der Waals surface area (Å²) in [6.07, 6.45) is 3.70. The summed E-state index contributed by atoms with van der Waals surface area (Å²) < 4.78 is 29.6. The molecule has 0 aliphatic heterocycles. The van der Waals surface area contributed by atoms with E-state index >= 15 is 0 Å². The van der Waals surface area contributed by atoms with E-state index in [1.54, 1.807) is 30.6 Å². The number of carbonyl (C=O) groups is 1. The van der Waals surface area contributed by atoms with Gasteiger partial charge in [-0.25, -0.2) is 18.7 Å². The molecule has 6 nitrogen and oxygen atoms in total. The van der Waals surface area contributed by atoms with Crippen LogP contribution < -0.4 is 5.73 Å². The van der Waals surface area contributed by atoms with Gasteiger partial charge in [-0.15, -0.1) is 0 Å². The molecular formula is C18H13F2N5O. The van der Waals surface area contributed by atoms with Crippen LogP contribution in [0.25, 0.3) is 27.8 Å². The first-order chi connectivity index (χ1) is 12.5. The molecule has 4 heterocycles. The summed E-state index contributed by atoms with van der Waals surface area (Å²) in [5.74, 6) is -1.41. The van der Waals surface area contributed by atoms with Crippen LogP contribution in [0.4, 0.5) is 14.6 Å². The molecule has 26 heavy (non-hydrogen) atoms. The molecule has 1 saturated carbocycles. The number of nitrogens with two attached hydrogens (primary N) is 1. The minimum Gasteiger partial charge on any atom is -0.382 e. The number of Topliss-reactive ketones (excluding diaryl/α,β-unsaturated/α-hetero) is 1. The van der Waals surface area contributed by atoms with Crippen molar-refractivity contribution in [3.63, 3.8) is 0 Å². The number of carbonyl (C=O) groups excluding carboxylic acids is 1. The summed E-state index contributed by atoms with van der Waals surface area (Å²) in [5, 5.41) is 0.377. The van der Waals surface area contributed by atoms with Crippen molar-refractivity contribution in [1.29, 1.82) is 0 Å². The lowest BCUT2D eigenvalue weighted by Gasteiger charge is -2.07. The molecule has 1 aliphatic carbocycles. The number of aromatic amines is 1. The normalized spacial score (nSPS) is 19.3. The Morgan fingerprint density at radius 3 is 2.92 bits per heavy atom. The second-order valence-corrected chi connectivity index (χ2v) is 6.44. The van der Waals surface area contributed by atoms with E-state index < -0.39 is 17.9 Å². The Hall–Kier alpha value is -3.29. The number of nitrogen functional groups attached to an aromatic ring is 1. The number of rotatable bonds is 3. The Kier molecular flexibility index (Phi) is 2.95. The predicted octanol–water partition coefficient (Wildman–Crippen LogP) is 3.14. The molecule has 1 fully saturated rings. The number of alkyl halides is 1. The predicted molar refractivity (Wildman–Crippen MR) is 92.0 cm³/mol. The molecule has 130 valence electrons. The zero-order chi connectivity index (χ0) is 18.0. The fraction of sp³-hybridized carbons (Fsp3) is 0.167. The summed E-state index contributed by atoms with van der Waals surface area (Å²) in [6.45, 7) is 0. The Bertz CT molecular complexity index is 1200. The number of hydrogen-bond acceptors (Lipinski definition) is 4. The van der Waals surface area contributed by atoms with Crippen molar-refractivity contribution in [3.05, 3.63) is 48.3 Å². The quantitative estimate of drug-likeness (QED) is 0.554. The number of halogens is 2. The number of anilines is 1. The zero-order valence-corrected chi connectivity index (χ0v) is 13.4. The van der Waals surface area contributed by atoms with Gasteiger partial charge in [-0.3, -0.25) is 9.20 Å². The monoisotopic (exact) mass is 353 g/mol. The number of fused-ring (bicyclic) bond motifs is 2. The van der Waals surface area contributed by atoms with Crippen LogP contribution >= 0.6 is 0 Å². The summed E-state index contributed by atoms with van der Waals surface area (Å²) in [4.78, 5) is 23.7. The molecule has 2 atom stereocenters. The van der Waals surface area contributed by atoms with Crippen molar-refractivity contribution in [1.82, 2.24) is 19.4 Å². The second kappa shape index (κ2) is 5.10. The third-order valence-electron chi connectivity index (χ3n) is 4.76. The number of nitrogens with zero attached hydrogens (tertiary/aromatic N) is 3. The number of aromatic nitrogens is 4. The van der Waals surface area contributed by atoms with Crippen molar-refractivity contribution in [2.75, 3.05) is 5.73 Å². The Morgan fingerprint density at radius 1 is 1.35 bits per heavy atom. The molecule has 0 unspecified atom stereocenters. The van der Waals surface area contributed by atoms with Crippen LogP contribution in [-0.2, 0) is 0 Å². The average molecular weight is 353 g/mol. The maximum absolute atomic E-state index is 14.8. The van der Waals surface area contributed by atoms with Gasteiger partial charge >= 0.3 is 0 Å². The third-order valence-corrected chi connectivity index (χ3v) is 4.76. The first kappa shape index (κ1) is 15.0. The van der Waals surface area contributed by atoms with Gasteiger partial charge in [0.2, 0.25) is 0 Å². The minimum absolute atomic E-state index is 0.0472. The maximum atomic E-state index is 14.8. The van der Waals surface area contributed by atoms with Crippen molar-refractivity contribution in [2.45, 2.75) is 12.6 Å². The van der Waals surface area contributed by atoms with E-state index in [4.69, 9.17) is 5.73 Å². The SMILES string of the molecule is Nc1nc2ccc(-c3cnc4[nH]ccc4c3F)cn2c1C(=O)[C@@H]1C[C@@H]1F. The molecule has 0 aromatic carbocycles. The molecule has 3 N–H and O–H groups in total. The molecule has 5 rings (SSSR count). The Labute approximate surface area is 145 Å². The van der Waals surface area contributed by atoms with Gasteiger partial charge in [-0.05, 0) is 24.6 Å². The molecule has 0 bridgehead atoms. The van der Waals surface area contributed by atoms with Crippen molar-refractivity contribution in [2.24, 2.45) is 5.92 Å². The van der Waals surface area contributed by atoms with Crippen LogP contribution in [0.2, 0.25) is 0 Å². The fourth-order valence-corrected chi connectivity index (χ4v) is 3.25. The topological polar surface area (TPSA) is 89.1 Å². The van der Waals surface area contributed by atoms with Crippen molar-refractivity contribution in [3.8, 4) is 11.1 Å². The van der Waals surface area contributed by atoms with Crippen LogP contribution in [0, 0.1) is 11.7 Å². The maximum Gasteiger partial charge on any atom is 0.189 e. The number of pyridine rings is 2. The highest BCUT2D eigenvalue weighted by Crippen LogP contribution is 2.38. The third kappa shape index (κ3) is 2.05. The van der Waals surface area contributed by atoms with Gasteiger partial charge in [0.1, 0.15) is 29.0 Å². The Balaban J connectivity index is 1.69. The van der Waals surface area contributed by atoms with E-state index in [2.05, 4.69) is 15.0 Å². The smallest absolute Gasteiger partial charge is 0.189 e. The molecule has 4 aromatic rings. The summed E-state index contributed by atoms with van der Waals surface area (Å²) in [5.41, 5.74) is 7.73. The second-order valence-electron chi connectivity index (χ2n) is 6.44. The molecule has 0 saturated heterocycles. The van der Waals surface area contributed by atoms with E-state index in [-0.39, 0.29) is 23.7 Å².